The fourth-order valence-electron chi connectivity index (χ4n) is 5.99. The summed E-state index contributed by atoms with van der Waals surface area (Å²) in [6, 6.07) is 9.33. The number of imidazole rings is 1. The van der Waals surface area contributed by atoms with Gasteiger partial charge in [0.05, 0.1) is 28.9 Å². The van der Waals surface area contributed by atoms with E-state index < -0.39 is 17.7 Å². The van der Waals surface area contributed by atoms with Crippen LogP contribution in [0.1, 0.15) is 67.9 Å². The lowest BCUT2D eigenvalue weighted by molar-refractivity contribution is -0.117. The van der Waals surface area contributed by atoms with Crippen molar-refractivity contribution in [2.24, 2.45) is 0 Å². The number of nitrogens with zero attached hydrogens (tertiary/aromatic N) is 4. The molecule has 2 fully saturated rings. The molecule has 0 spiro atoms. The molecule has 192 valence electrons. The number of rotatable bonds is 4. The fourth-order valence-corrected chi connectivity index (χ4v) is 5.99. The Morgan fingerprint density at radius 3 is 2.49 bits per heavy atom. The third-order valence-electron chi connectivity index (χ3n) is 7.76. The first-order chi connectivity index (χ1) is 17.8. The number of aliphatic hydroxyl groups is 1. The van der Waals surface area contributed by atoms with Crippen LogP contribution in [-0.4, -0.2) is 31.8 Å². The Kier molecular flexibility index (Phi) is 5.82. The molecule has 1 aliphatic heterocycles. The minimum atomic E-state index is -0.991. The second-order valence-electron chi connectivity index (χ2n) is 10.1. The lowest BCUT2D eigenvalue weighted by Gasteiger charge is -2.31. The topological polar surface area (TPSA) is 84.4 Å². The van der Waals surface area contributed by atoms with Crippen LogP contribution in [0.15, 0.2) is 40.9 Å². The highest BCUT2D eigenvalue weighted by Crippen LogP contribution is 2.42. The molecule has 1 saturated carbocycles. The van der Waals surface area contributed by atoms with Gasteiger partial charge in [-0.1, -0.05) is 11.2 Å². The highest BCUT2D eigenvalue weighted by molar-refractivity contribution is 5.96. The van der Waals surface area contributed by atoms with Crippen molar-refractivity contribution in [2.75, 3.05) is 4.90 Å². The molecule has 1 aliphatic carbocycles. The van der Waals surface area contributed by atoms with Crippen molar-refractivity contribution in [1.29, 1.82) is 0 Å². The smallest absolute Gasteiger partial charge is 0.227 e. The van der Waals surface area contributed by atoms with Crippen molar-refractivity contribution in [1.82, 2.24) is 14.7 Å². The summed E-state index contributed by atoms with van der Waals surface area (Å²) in [6.45, 7) is 3.78. The second kappa shape index (κ2) is 9.06. The number of carbonyl (C=O) groups is 1. The third kappa shape index (κ3) is 4.01. The minimum Gasteiger partial charge on any atom is -0.393 e. The molecule has 3 heterocycles. The standard InChI is InChI=1S/C28H28F2N4O3/c1-15-27(16(2)37-32-15)17-3-10-24-23(13-17)31-28(34(24)18-4-7-20(35)8-5-18)25-11-12-26(36)33(25)19-6-9-21(29)22(30)14-19/h3,6,9-10,13-14,18,20,25,35H,4-5,7-8,11-12H2,1-2H3. The fraction of sp³-hybridized carbons (Fsp3) is 0.393. The molecule has 1 atom stereocenters. The first kappa shape index (κ1) is 23.8. The maximum atomic E-state index is 14.1. The maximum Gasteiger partial charge on any atom is 0.227 e. The largest absolute Gasteiger partial charge is 0.393 e. The molecule has 0 bridgehead atoms. The normalized spacial score (nSPS) is 22.4. The maximum absolute atomic E-state index is 14.1. The molecule has 1 unspecified atom stereocenters. The Bertz CT molecular complexity index is 1480. The summed E-state index contributed by atoms with van der Waals surface area (Å²) in [5.74, 6) is -0.640. The summed E-state index contributed by atoms with van der Waals surface area (Å²) in [5.41, 5.74) is 4.71. The van der Waals surface area contributed by atoms with Gasteiger partial charge in [-0.25, -0.2) is 13.8 Å². The van der Waals surface area contributed by atoms with Gasteiger partial charge in [0, 0.05) is 29.8 Å². The van der Waals surface area contributed by atoms with E-state index in [1.54, 1.807) is 4.90 Å². The quantitative estimate of drug-likeness (QED) is 0.371. The van der Waals surface area contributed by atoms with Gasteiger partial charge in [0.25, 0.3) is 0 Å². The van der Waals surface area contributed by atoms with Crippen molar-refractivity contribution in [3.05, 3.63) is 65.3 Å². The van der Waals surface area contributed by atoms with Crippen LogP contribution in [0.4, 0.5) is 14.5 Å². The van der Waals surface area contributed by atoms with E-state index >= 15 is 0 Å². The molecule has 1 saturated heterocycles. The van der Waals surface area contributed by atoms with E-state index in [1.807, 2.05) is 32.0 Å². The molecule has 1 N–H and O–H groups in total. The summed E-state index contributed by atoms with van der Waals surface area (Å²) in [4.78, 5) is 19.6. The average Bonchev–Trinajstić information content (AvgIpc) is 3.55. The van der Waals surface area contributed by atoms with Gasteiger partial charge in [0.15, 0.2) is 11.6 Å². The number of fused-ring (bicyclic) bond motifs is 1. The lowest BCUT2D eigenvalue weighted by atomic mass is 9.92. The molecule has 0 radical (unpaired) electrons. The first-order valence-electron chi connectivity index (χ1n) is 12.7. The molecule has 37 heavy (non-hydrogen) atoms. The predicted octanol–water partition coefficient (Wildman–Crippen LogP) is 5.93. The summed E-state index contributed by atoms with van der Waals surface area (Å²) in [5, 5.41) is 14.2. The lowest BCUT2D eigenvalue weighted by Crippen LogP contribution is -2.31. The van der Waals surface area contributed by atoms with Crippen molar-refractivity contribution < 1.29 is 23.2 Å². The van der Waals surface area contributed by atoms with Gasteiger partial charge in [0.2, 0.25) is 5.91 Å². The van der Waals surface area contributed by atoms with E-state index in [-0.39, 0.29) is 18.1 Å². The van der Waals surface area contributed by atoms with E-state index in [2.05, 4.69) is 9.72 Å². The summed E-state index contributed by atoms with van der Waals surface area (Å²) in [7, 11) is 0. The van der Waals surface area contributed by atoms with Crippen LogP contribution >= 0.6 is 0 Å². The second-order valence-corrected chi connectivity index (χ2v) is 10.1. The van der Waals surface area contributed by atoms with Crippen molar-refractivity contribution in [3.8, 4) is 11.1 Å². The Labute approximate surface area is 212 Å². The molecule has 7 nitrogen and oxygen atoms in total. The summed E-state index contributed by atoms with van der Waals surface area (Å²) >= 11 is 0. The zero-order valence-corrected chi connectivity index (χ0v) is 20.7. The number of amides is 1. The van der Waals surface area contributed by atoms with Crippen LogP contribution < -0.4 is 4.90 Å². The molecule has 2 aromatic carbocycles. The number of hydrogen-bond acceptors (Lipinski definition) is 5. The van der Waals surface area contributed by atoms with E-state index in [9.17, 15) is 18.7 Å². The molecule has 1 amide bonds. The van der Waals surface area contributed by atoms with Gasteiger partial charge in [-0.15, -0.1) is 0 Å². The number of carbonyl (C=O) groups excluding carboxylic acids is 1. The van der Waals surface area contributed by atoms with Crippen LogP contribution in [0.2, 0.25) is 0 Å². The first-order valence-corrected chi connectivity index (χ1v) is 12.7. The molecule has 6 rings (SSSR count). The monoisotopic (exact) mass is 506 g/mol. The van der Waals surface area contributed by atoms with Crippen molar-refractivity contribution >= 4 is 22.6 Å². The molecular formula is C28H28F2N4O3. The molecule has 2 aromatic heterocycles. The Hall–Kier alpha value is -3.59. The van der Waals surface area contributed by atoms with Gasteiger partial charge < -0.3 is 19.1 Å². The van der Waals surface area contributed by atoms with Crippen LogP contribution in [-0.2, 0) is 4.79 Å². The van der Waals surface area contributed by atoms with Gasteiger partial charge >= 0.3 is 0 Å². The van der Waals surface area contributed by atoms with Gasteiger partial charge in [-0.2, -0.15) is 0 Å². The molecular weight excluding hydrogens is 478 g/mol. The highest BCUT2D eigenvalue weighted by Gasteiger charge is 2.38. The number of aryl methyl sites for hydroxylation is 2. The number of benzene rings is 2. The Morgan fingerprint density at radius 2 is 1.78 bits per heavy atom. The van der Waals surface area contributed by atoms with Crippen LogP contribution in [0, 0.1) is 25.5 Å². The summed E-state index contributed by atoms with van der Waals surface area (Å²) in [6.07, 6.45) is 3.46. The number of aliphatic hydroxyl groups excluding tert-OH is 1. The predicted molar refractivity (Wildman–Crippen MR) is 134 cm³/mol. The van der Waals surface area contributed by atoms with E-state index in [4.69, 9.17) is 9.51 Å². The average molecular weight is 507 g/mol. The Morgan fingerprint density at radius 1 is 1.00 bits per heavy atom. The van der Waals surface area contributed by atoms with Gasteiger partial charge in [0.1, 0.15) is 11.6 Å². The zero-order valence-electron chi connectivity index (χ0n) is 20.7. The van der Waals surface area contributed by atoms with Gasteiger partial charge in [-0.3, -0.25) is 4.79 Å². The summed E-state index contributed by atoms with van der Waals surface area (Å²) < 4.78 is 35.4. The molecule has 4 aromatic rings. The van der Waals surface area contributed by atoms with Crippen molar-refractivity contribution in [3.63, 3.8) is 0 Å². The zero-order chi connectivity index (χ0) is 25.8. The number of aromatic nitrogens is 3. The molecule has 9 heteroatoms. The highest BCUT2D eigenvalue weighted by atomic mass is 19.2. The van der Waals surface area contributed by atoms with E-state index in [0.717, 1.165) is 64.4 Å². The third-order valence-corrected chi connectivity index (χ3v) is 7.76. The van der Waals surface area contributed by atoms with Crippen LogP contribution in [0.3, 0.4) is 0 Å². The minimum absolute atomic E-state index is 0.107. The number of hydrogen-bond donors (Lipinski definition) is 1. The van der Waals surface area contributed by atoms with E-state index in [0.29, 0.717) is 31.4 Å². The Balaban J connectivity index is 1.50. The SMILES string of the molecule is Cc1noc(C)c1-c1ccc2c(c1)nc(C1CCC(=O)N1c1ccc(F)c(F)c1)n2C1CCC(O)CC1. The number of halogens is 2. The van der Waals surface area contributed by atoms with Gasteiger partial charge in [-0.05, 0) is 75.8 Å². The molecule has 2 aliphatic rings. The van der Waals surface area contributed by atoms with Crippen molar-refractivity contribution in [2.45, 2.75) is 70.6 Å². The van der Waals surface area contributed by atoms with Crippen LogP contribution in [0.25, 0.3) is 22.2 Å². The number of anilines is 1. The van der Waals surface area contributed by atoms with E-state index in [1.165, 1.54) is 6.07 Å². The van der Waals surface area contributed by atoms with Crippen LogP contribution in [0.5, 0.6) is 0 Å².